The summed E-state index contributed by atoms with van der Waals surface area (Å²) in [6, 6.07) is 4.61. The number of hydrogen-bond acceptors (Lipinski definition) is 5. The van der Waals surface area contributed by atoms with Gasteiger partial charge in [0, 0.05) is 25.2 Å². The average molecular weight is 380 g/mol. The first-order valence-electron chi connectivity index (χ1n) is 8.29. The third-order valence-electron chi connectivity index (χ3n) is 4.78. The number of hydrogen-bond donors (Lipinski definition) is 2. The van der Waals surface area contributed by atoms with Crippen LogP contribution in [0.4, 0.5) is 4.39 Å². The number of nitrogens with zero attached hydrogens (tertiary/aromatic N) is 2. The number of imidazole rings is 1. The van der Waals surface area contributed by atoms with Crippen LogP contribution in [0.1, 0.15) is 18.4 Å². The van der Waals surface area contributed by atoms with E-state index in [0.29, 0.717) is 24.3 Å². The number of carbonyl (C=O) groups is 1. The fraction of sp³-hybridized carbons (Fsp3) is 0.412. The number of carbonyl (C=O) groups excluding carboxylic acids is 1. The predicted molar refractivity (Wildman–Crippen MR) is 95.0 cm³/mol. The summed E-state index contributed by atoms with van der Waals surface area (Å²) in [5.74, 6) is -0.977. The van der Waals surface area contributed by atoms with Gasteiger partial charge in [0.25, 0.3) is 0 Å². The third kappa shape index (κ3) is 3.49. The van der Waals surface area contributed by atoms with Crippen molar-refractivity contribution in [3.63, 3.8) is 0 Å². The molecule has 1 saturated heterocycles. The molecule has 1 aromatic heterocycles. The summed E-state index contributed by atoms with van der Waals surface area (Å²) in [6.07, 6.45) is 6.23. The molecule has 1 aromatic carbocycles. The van der Waals surface area contributed by atoms with Gasteiger partial charge in [-0.05, 0) is 43.6 Å². The molecule has 0 atom stereocenters. The van der Waals surface area contributed by atoms with E-state index in [0.717, 1.165) is 6.26 Å². The molecule has 1 fully saturated rings. The van der Waals surface area contributed by atoms with Crippen molar-refractivity contribution in [1.29, 1.82) is 0 Å². The Balaban J connectivity index is 1.74. The van der Waals surface area contributed by atoms with E-state index in [1.54, 1.807) is 29.1 Å². The van der Waals surface area contributed by atoms with Crippen molar-refractivity contribution in [2.24, 2.45) is 0 Å². The van der Waals surface area contributed by atoms with Gasteiger partial charge in [-0.1, -0.05) is 6.07 Å². The first kappa shape index (κ1) is 18.5. The van der Waals surface area contributed by atoms with Crippen molar-refractivity contribution in [1.82, 2.24) is 20.2 Å². The Bertz CT molecular complexity index is 891. The van der Waals surface area contributed by atoms with Gasteiger partial charge in [-0.2, -0.15) is 0 Å². The summed E-state index contributed by atoms with van der Waals surface area (Å²) in [4.78, 5) is 16.5. The topological polar surface area (TPSA) is 93.1 Å². The molecule has 1 amide bonds. The van der Waals surface area contributed by atoms with Crippen molar-refractivity contribution < 1.29 is 17.6 Å². The summed E-state index contributed by atoms with van der Waals surface area (Å²) in [6.45, 7) is 0.994. The monoisotopic (exact) mass is 380 g/mol. The molecule has 7 nitrogen and oxygen atoms in total. The Kier molecular flexibility index (Phi) is 5.10. The van der Waals surface area contributed by atoms with Crippen LogP contribution in [0.2, 0.25) is 0 Å². The highest BCUT2D eigenvalue weighted by molar-refractivity contribution is 7.92. The molecule has 0 bridgehead atoms. The molecular formula is C17H21FN4O3S. The maximum absolute atomic E-state index is 14.3. The van der Waals surface area contributed by atoms with Crippen molar-refractivity contribution in [3.05, 3.63) is 48.3 Å². The van der Waals surface area contributed by atoms with Crippen molar-refractivity contribution in [2.45, 2.75) is 24.1 Å². The predicted octanol–water partition coefficient (Wildman–Crippen LogP) is 0.794. The molecule has 0 unspecified atom stereocenters. The summed E-state index contributed by atoms with van der Waals surface area (Å²) in [5, 5.41) is 5.73. The number of piperidine rings is 1. The molecule has 3 rings (SSSR count). The molecule has 2 aromatic rings. The van der Waals surface area contributed by atoms with Gasteiger partial charge in [-0.25, -0.2) is 17.8 Å². The van der Waals surface area contributed by atoms with Crippen LogP contribution >= 0.6 is 0 Å². The lowest BCUT2D eigenvalue weighted by atomic mass is 9.95. The van der Waals surface area contributed by atoms with Crippen LogP contribution in [0.5, 0.6) is 0 Å². The summed E-state index contributed by atoms with van der Waals surface area (Å²) >= 11 is 0. The second-order valence-corrected chi connectivity index (χ2v) is 8.78. The highest BCUT2D eigenvalue weighted by atomic mass is 32.2. The van der Waals surface area contributed by atoms with E-state index in [2.05, 4.69) is 15.6 Å². The van der Waals surface area contributed by atoms with Gasteiger partial charge < -0.3 is 15.2 Å². The normalized spacial score (nSPS) is 17.0. The average Bonchev–Trinajstić information content (AvgIpc) is 3.13. The fourth-order valence-corrected chi connectivity index (χ4v) is 4.57. The zero-order valence-corrected chi connectivity index (χ0v) is 15.2. The Morgan fingerprint density at radius 2 is 2.12 bits per heavy atom. The minimum absolute atomic E-state index is 0.0602. The highest BCUT2D eigenvalue weighted by Gasteiger charge is 2.48. The minimum atomic E-state index is -3.57. The third-order valence-corrected chi connectivity index (χ3v) is 6.80. The molecule has 0 aliphatic carbocycles. The molecule has 0 spiro atoms. The van der Waals surface area contributed by atoms with Gasteiger partial charge in [0.1, 0.15) is 5.82 Å². The Morgan fingerprint density at radius 3 is 2.69 bits per heavy atom. The number of nitrogens with one attached hydrogen (secondary N) is 2. The largest absolute Gasteiger partial charge is 0.351 e. The van der Waals surface area contributed by atoms with Crippen LogP contribution in [0.25, 0.3) is 5.69 Å². The first-order chi connectivity index (χ1) is 12.3. The summed E-state index contributed by atoms with van der Waals surface area (Å²) < 4.78 is 38.9. The van der Waals surface area contributed by atoms with Crippen LogP contribution in [0.3, 0.4) is 0 Å². The molecule has 2 N–H and O–H groups in total. The summed E-state index contributed by atoms with van der Waals surface area (Å²) in [7, 11) is -3.57. The maximum atomic E-state index is 14.3. The van der Waals surface area contributed by atoms with E-state index in [4.69, 9.17) is 0 Å². The number of halogens is 1. The molecule has 2 heterocycles. The van der Waals surface area contributed by atoms with Gasteiger partial charge in [-0.15, -0.1) is 0 Å². The van der Waals surface area contributed by atoms with E-state index in [1.807, 2.05) is 0 Å². The second kappa shape index (κ2) is 7.16. The smallest absolute Gasteiger partial charge is 0.241 e. The molecular weight excluding hydrogens is 359 g/mol. The minimum Gasteiger partial charge on any atom is -0.351 e. The molecule has 140 valence electrons. The van der Waals surface area contributed by atoms with E-state index in [9.17, 15) is 17.6 Å². The molecule has 1 aliphatic heterocycles. The number of aromatic nitrogens is 2. The lowest BCUT2D eigenvalue weighted by Gasteiger charge is -2.34. The van der Waals surface area contributed by atoms with E-state index < -0.39 is 26.3 Å². The quantitative estimate of drug-likeness (QED) is 0.800. The van der Waals surface area contributed by atoms with Gasteiger partial charge in [0.2, 0.25) is 5.91 Å². The zero-order chi connectivity index (χ0) is 18.8. The number of rotatable bonds is 5. The number of benzene rings is 1. The molecule has 1 aliphatic rings. The fourth-order valence-electron chi connectivity index (χ4n) is 3.21. The van der Waals surface area contributed by atoms with Crippen LogP contribution in [0, 0.1) is 5.82 Å². The Morgan fingerprint density at radius 1 is 1.38 bits per heavy atom. The lowest BCUT2D eigenvalue weighted by molar-refractivity contribution is -0.124. The first-order valence-corrected chi connectivity index (χ1v) is 10.2. The Labute approximate surface area is 151 Å². The zero-order valence-electron chi connectivity index (χ0n) is 14.4. The number of amides is 1. The van der Waals surface area contributed by atoms with Crippen molar-refractivity contribution in [2.75, 3.05) is 19.3 Å². The maximum Gasteiger partial charge on any atom is 0.241 e. The molecule has 0 radical (unpaired) electrons. The number of sulfone groups is 1. The lowest BCUT2D eigenvalue weighted by Crippen LogP contribution is -2.57. The van der Waals surface area contributed by atoms with Crippen LogP contribution in [0.15, 0.2) is 36.9 Å². The van der Waals surface area contributed by atoms with Gasteiger partial charge in [-0.3, -0.25) is 4.79 Å². The van der Waals surface area contributed by atoms with Gasteiger partial charge in [0.05, 0.1) is 12.0 Å². The summed E-state index contributed by atoms with van der Waals surface area (Å²) in [5.41, 5.74) is 0.904. The SMILES string of the molecule is CS(=O)(=O)C1(C(=O)NCc2ccc(-n3ccnc3)c(F)c2)CCNCC1. The second-order valence-electron chi connectivity index (χ2n) is 6.45. The standard InChI is InChI=1S/C17H21FN4O3S/c1-26(24,25)17(4-6-19-7-5-17)16(23)21-11-13-2-3-15(14(18)10-13)22-9-8-20-12-22/h2-3,8-10,12,19H,4-7,11H2,1H3,(H,21,23). The van der Waals surface area contributed by atoms with Crippen LogP contribution in [-0.2, 0) is 21.2 Å². The molecule has 9 heteroatoms. The van der Waals surface area contributed by atoms with E-state index in [-0.39, 0.29) is 19.4 Å². The molecule has 26 heavy (non-hydrogen) atoms. The highest BCUT2D eigenvalue weighted by Crippen LogP contribution is 2.28. The van der Waals surface area contributed by atoms with Crippen molar-refractivity contribution >= 4 is 15.7 Å². The van der Waals surface area contributed by atoms with Gasteiger partial charge >= 0.3 is 0 Å². The Hall–Kier alpha value is -2.26. The van der Waals surface area contributed by atoms with Crippen molar-refractivity contribution in [3.8, 4) is 5.69 Å². The van der Waals surface area contributed by atoms with Crippen LogP contribution in [-0.4, -0.2) is 48.0 Å². The van der Waals surface area contributed by atoms with E-state index >= 15 is 0 Å². The van der Waals surface area contributed by atoms with Gasteiger partial charge in [0.15, 0.2) is 14.6 Å². The molecule has 0 saturated carbocycles. The van der Waals surface area contributed by atoms with E-state index in [1.165, 1.54) is 12.4 Å². The van der Waals surface area contributed by atoms with Crippen LogP contribution < -0.4 is 10.6 Å².